The van der Waals surface area contributed by atoms with Crippen LogP contribution in [0.15, 0.2) is 60.1 Å². The van der Waals surface area contributed by atoms with E-state index in [2.05, 4.69) is 29.0 Å². The minimum Gasteiger partial charge on any atom is -0.372 e. The molecular formula is C23H23ClN4OS. The molecule has 0 spiro atoms. The van der Waals surface area contributed by atoms with Crippen LogP contribution in [0.25, 0.3) is 16.2 Å². The number of amides is 1. The zero-order valence-corrected chi connectivity index (χ0v) is 18.5. The van der Waals surface area contributed by atoms with Crippen LogP contribution in [0.2, 0.25) is 5.02 Å². The Morgan fingerprint density at radius 1 is 1.10 bits per heavy atom. The summed E-state index contributed by atoms with van der Waals surface area (Å²) in [5, 5.41) is 5.67. The van der Waals surface area contributed by atoms with Gasteiger partial charge >= 0.3 is 0 Å². The summed E-state index contributed by atoms with van der Waals surface area (Å²) in [4.78, 5) is 20.4. The highest BCUT2D eigenvalue weighted by molar-refractivity contribution is 7.15. The minimum absolute atomic E-state index is 0.0490. The minimum atomic E-state index is -0.0490. The van der Waals surface area contributed by atoms with Gasteiger partial charge in [-0.2, -0.15) is 0 Å². The molecule has 0 aliphatic rings. The zero-order chi connectivity index (χ0) is 21.1. The molecule has 0 aliphatic carbocycles. The molecule has 0 saturated heterocycles. The summed E-state index contributed by atoms with van der Waals surface area (Å²) in [6.45, 7) is 6.18. The molecule has 30 heavy (non-hydrogen) atoms. The van der Waals surface area contributed by atoms with Gasteiger partial charge in [-0.1, -0.05) is 23.7 Å². The van der Waals surface area contributed by atoms with E-state index in [0.717, 1.165) is 46.4 Å². The van der Waals surface area contributed by atoms with Crippen LogP contribution in [0.1, 0.15) is 19.5 Å². The van der Waals surface area contributed by atoms with Gasteiger partial charge in [0, 0.05) is 52.3 Å². The second-order valence-electron chi connectivity index (χ2n) is 6.96. The van der Waals surface area contributed by atoms with Crippen molar-refractivity contribution in [1.82, 2.24) is 9.38 Å². The lowest BCUT2D eigenvalue weighted by atomic mass is 10.2. The molecule has 4 aromatic rings. The monoisotopic (exact) mass is 438 g/mol. The van der Waals surface area contributed by atoms with Crippen LogP contribution in [0.4, 0.5) is 11.4 Å². The molecule has 154 valence electrons. The second kappa shape index (κ2) is 8.90. The molecule has 0 atom stereocenters. The van der Waals surface area contributed by atoms with E-state index in [1.165, 1.54) is 11.3 Å². The first-order valence-electron chi connectivity index (χ1n) is 9.93. The molecule has 5 nitrogen and oxygen atoms in total. The number of thiazole rings is 1. The van der Waals surface area contributed by atoms with Gasteiger partial charge in [-0.15, -0.1) is 11.3 Å². The normalized spacial score (nSPS) is 11.0. The molecule has 1 N–H and O–H groups in total. The van der Waals surface area contributed by atoms with Crippen molar-refractivity contribution in [2.75, 3.05) is 23.3 Å². The van der Waals surface area contributed by atoms with E-state index in [9.17, 15) is 4.79 Å². The Hall–Kier alpha value is -2.83. The number of carbonyl (C=O) groups is 1. The third-order valence-electron chi connectivity index (χ3n) is 5.04. The van der Waals surface area contributed by atoms with Crippen molar-refractivity contribution in [2.45, 2.75) is 20.3 Å². The average molecular weight is 439 g/mol. The zero-order valence-electron chi connectivity index (χ0n) is 16.9. The van der Waals surface area contributed by atoms with Crippen LogP contribution < -0.4 is 10.2 Å². The van der Waals surface area contributed by atoms with Gasteiger partial charge in [0.25, 0.3) is 0 Å². The molecule has 2 heterocycles. The molecule has 0 saturated carbocycles. The van der Waals surface area contributed by atoms with Gasteiger partial charge in [0.15, 0.2) is 4.96 Å². The Kier molecular flexibility index (Phi) is 6.06. The number of nitrogens with zero attached hydrogens (tertiary/aromatic N) is 3. The number of aromatic nitrogens is 2. The third-order valence-corrected chi connectivity index (χ3v) is 6.19. The number of carbonyl (C=O) groups excluding carboxylic acids is 1. The maximum absolute atomic E-state index is 12.6. The molecule has 0 unspecified atom stereocenters. The third kappa shape index (κ3) is 4.35. The van der Waals surface area contributed by atoms with Gasteiger partial charge in [0.2, 0.25) is 5.91 Å². The Morgan fingerprint density at radius 2 is 1.80 bits per heavy atom. The van der Waals surface area contributed by atoms with Crippen molar-refractivity contribution in [2.24, 2.45) is 0 Å². The van der Waals surface area contributed by atoms with E-state index >= 15 is 0 Å². The summed E-state index contributed by atoms with van der Waals surface area (Å²) in [7, 11) is 0. The topological polar surface area (TPSA) is 49.6 Å². The molecule has 0 aliphatic heterocycles. The van der Waals surface area contributed by atoms with E-state index in [4.69, 9.17) is 11.6 Å². The van der Waals surface area contributed by atoms with Gasteiger partial charge in [-0.05, 0) is 50.2 Å². The number of hydrogen-bond acceptors (Lipinski definition) is 4. The Labute approximate surface area is 184 Å². The molecule has 4 rings (SSSR count). The second-order valence-corrected chi connectivity index (χ2v) is 8.23. The molecule has 0 radical (unpaired) electrons. The highest BCUT2D eigenvalue weighted by atomic mass is 35.5. The Morgan fingerprint density at radius 3 is 2.47 bits per heavy atom. The van der Waals surface area contributed by atoms with Gasteiger partial charge < -0.3 is 10.2 Å². The number of imidazole rings is 1. The summed E-state index contributed by atoms with van der Waals surface area (Å²) in [6, 6.07) is 15.6. The molecule has 0 bridgehead atoms. The first kappa shape index (κ1) is 20.4. The standard InChI is InChI=1S/C23H23ClN4OS/c1-3-27(4-2)19-11-9-18(10-12-19)25-22(29)13-20-15-30-23-26-21(14-28(20)23)16-5-7-17(24)8-6-16/h5-12,14-15H,3-4,13H2,1-2H3,(H,25,29). The summed E-state index contributed by atoms with van der Waals surface area (Å²) in [6.07, 6.45) is 2.25. The molecular weight excluding hydrogens is 416 g/mol. The number of nitrogens with one attached hydrogen (secondary N) is 1. The summed E-state index contributed by atoms with van der Waals surface area (Å²) >= 11 is 7.51. The van der Waals surface area contributed by atoms with Crippen molar-refractivity contribution in [3.63, 3.8) is 0 Å². The Bertz CT molecular complexity index is 1140. The highest BCUT2D eigenvalue weighted by Gasteiger charge is 2.13. The van der Waals surface area contributed by atoms with Crippen molar-refractivity contribution in [3.05, 3.63) is 70.8 Å². The van der Waals surface area contributed by atoms with Gasteiger partial charge in [0.05, 0.1) is 12.1 Å². The first-order chi connectivity index (χ1) is 14.6. The van der Waals surface area contributed by atoms with Crippen LogP contribution in [0, 0.1) is 0 Å². The molecule has 2 aromatic carbocycles. The van der Waals surface area contributed by atoms with E-state index in [1.807, 2.05) is 64.5 Å². The maximum Gasteiger partial charge on any atom is 0.230 e. The largest absolute Gasteiger partial charge is 0.372 e. The fraction of sp³-hybridized carbons (Fsp3) is 0.217. The van der Waals surface area contributed by atoms with Crippen LogP contribution in [-0.4, -0.2) is 28.4 Å². The average Bonchev–Trinajstić information content (AvgIpc) is 3.33. The fourth-order valence-electron chi connectivity index (χ4n) is 3.43. The summed E-state index contributed by atoms with van der Waals surface area (Å²) in [5.74, 6) is -0.0490. The summed E-state index contributed by atoms with van der Waals surface area (Å²) in [5.41, 5.74) is 4.74. The molecule has 2 aromatic heterocycles. The maximum atomic E-state index is 12.6. The highest BCUT2D eigenvalue weighted by Crippen LogP contribution is 2.25. The number of hydrogen-bond donors (Lipinski definition) is 1. The summed E-state index contributed by atoms with van der Waals surface area (Å²) < 4.78 is 1.98. The van der Waals surface area contributed by atoms with Crippen LogP contribution in [0.5, 0.6) is 0 Å². The molecule has 0 fully saturated rings. The van der Waals surface area contributed by atoms with Crippen molar-refractivity contribution < 1.29 is 4.79 Å². The molecule has 7 heteroatoms. The number of halogens is 1. The van der Waals surface area contributed by atoms with E-state index in [-0.39, 0.29) is 12.3 Å². The van der Waals surface area contributed by atoms with E-state index in [0.29, 0.717) is 5.02 Å². The Balaban J connectivity index is 1.46. The predicted octanol–water partition coefficient (Wildman–Crippen LogP) is 5.74. The van der Waals surface area contributed by atoms with Gasteiger partial charge in [-0.25, -0.2) is 4.98 Å². The lowest BCUT2D eigenvalue weighted by molar-refractivity contribution is -0.115. The fourth-order valence-corrected chi connectivity index (χ4v) is 4.43. The SMILES string of the molecule is CCN(CC)c1ccc(NC(=O)Cc2csc3nc(-c4ccc(Cl)cc4)cn23)cc1. The lowest BCUT2D eigenvalue weighted by Gasteiger charge is -2.21. The van der Waals surface area contributed by atoms with Crippen LogP contribution in [0.3, 0.4) is 0 Å². The van der Waals surface area contributed by atoms with Crippen LogP contribution >= 0.6 is 22.9 Å². The van der Waals surface area contributed by atoms with Crippen molar-refractivity contribution in [1.29, 1.82) is 0 Å². The van der Waals surface area contributed by atoms with Crippen molar-refractivity contribution in [3.8, 4) is 11.3 Å². The van der Waals surface area contributed by atoms with Crippen molar-refractivity contribution >= 4 is 45.2 Å². The number of rotatable bonds is 7. The number of anilines is 2. The first-order valence-corrected chi connectivity index (χ1v) is 11.2. The van der Waals surface area contributed by atoms with E-state index in [1.54, 1.807) is 0 Å². The van der Waals surface area contributed by atoms with Gasteiger partial charge in [0.1, 0.15) is 0 Å². The molecule has 1 amide bonds. The smallest absolute Gasteiger partial charge is 0.230 e. The van der Waals surface area contributed by atoms with E-state index < -0.39 is 0 Å². The van der Waals surface area contributed by atoms with Crippen LogP contribution in [-0.2, 0) is 11.2 Å². The lowest BCUT2D eigenvalue weighted by Crippen LogP contribution is -2.21. The number of benzene rings is 2. The quantitative estimate of drug-likeness (QED) is 0.400. The van der Waals surface area contributed by atoms with Gasteiger partial charge in [-0.3, -0.25) is 9.20 Å². The predicted molar refractivity (Wildman–Crippen MR) is 126 cm³/mol. The number of fused-ring (bicyclic) bond motifs is 1.